The van der Waals surface area contributed by atoms with Crippen LogP contribution in [0.25, 0.3) is 0 Å². The van der Waals surface area contributed by atoms with E-state index in [-0.39, 0.29) is 11.0 Å². The Kier molecular flexibility index (Phi) is 6.96. The summed E-state index contributed by atoms with van der Waals surface area (Å²) in [7, 11) is -3.10. The number of hydrogen-bond acceptors (Lipinski definition) is 5. The van der Waals surface area contributed by atoms with Gasteiger partial charge in [-0.1, -0.05) is 42.5 Å². The van der Waals surface area contributed by atoms with Crippen LogP contribution in [0.15, 0.2) is 67.1 Å². The molecule has 1 aliphatic heterocycles. The first-order valence-corrected chi connectivity index (χ1v) is 12.9. The van der Waals surface area contributed by atoms with Crippen LogP contribution in [-0.4, -0.2) is 54.3 Å². The highest BCUT2D eigenvalue weighted by molar-refractivity contribution is 7.91. The SMILES string of the molecule is CC(C)S(=O)(=O)Cc1cccc(N2CCN(Cc3cn(Cc4ccccc4)cn3)CC2)c1. The zero-order valence-electron chi connectivity index (χ0n) is 18.9. The van der Waals surface area contributed by atoms with E-state index in [9.17, 15) is 8.42 Å². The van der Waals surface area contributed by atoms with Gasteiger partial charge in [-0.15, -0.1) is 0 Å². The minimum absolute atomic E-state index is 0.101. The number of anilines is 1. The molecule has 7 heteroatoms. The Balaban J connectivity index is 1.31. The van der Waals surface area contributed by atoms with Crippen LogP contribution in [0.4, 0.5) is 5.69 Å². The van der Waals surface area contributed by atoms with Crippen LogP contribution in [0.2, 0.25) is 0 Å². The third-order valence-electron chi connectivity index (χ3n) is 6.01. The van der Waals surface area contributed by atoms with Crippen molar-refractivity contribution in [1.82, 2.24) is 14.5 Å². The molecular weight excluding hydrogens is 420 g/mol. The maximum atomic E-state index is 12.3. The van der Waals surface area contributed by atoms with Gasteiger partial charge in [-0.2, -0.15) is 0 Å². The fourth-order valence-electron chi connectivity index (χ4n) is 4.00. The first-order chi connectivity index (χ1) is 15.4. The molecule has 0 saturated carbocycles. The van der Waals surface area contributed by atoms with Crippen molar-refractivity contribution >= 4 is 15.5 Å². The highest BCUT2D eigenvalue weighted by Gasteiger charge is 2.20. The molecule has 1 aromatic heterocycles. The number of hydrogen-bond donors (Lipinski definition) is 0. The summed E-state index contributed by atoms with van der Waals surface area (Å²) in [5.74, 6) is 0.101. The second kappa shape index (κ2) is 9.88. The van der Waals surface area contributed by atoms with E-state index in [2.05, 4.69) is 55.9 Å². The largest absolute Gasteiger partial charge is 0.369 e. The first kappa shape index (κ1) is 22.6. The lowest BCUT2D eigenvalue weighted by Gasteiger charge is -2.36. The Morgan fingerprint density at radius 3 is 2.34 bits per heavy atom. The van der Waals surface area contributed by atoms with Crippen molar-refractivity contribution in [3.8, 4) is 0 Å². The zero-order chi connectivity index (χ0) is 22.6. The summed E-state index contributed by atoms with van der Waals surface area (Å²) >= 11 is 0. The smallest absolute Gasteiger partial charge is 0.156 e. The molecule has 0 atom stereocenters. The van der Waals surface area contributed by atoms with Crippen LogP contribution in [0.3, 0.4) is 0 Å². The van der Waals surface area contributed by atoms with Gasteiger partial charge in [0.1, 0.15) is 0 Å². The van der Waals surface area contributed by atoms with Crippen molar-refractivity contribution in [2.24, 2.45) is 0 Å². The zero-order valence-corrected chi connectivity index (χ0v) is 19.7. The summed E-state index contributed by atoms with van der Waals surface area (Å²) in [5.41, 5.74) is 4.33. The topological polar surface area (TPSA) is 58.4 Å². The third-order valence-corrected chi connectivity index (χ3v) is 8.19. The van der Waals surface area contributed by atoms with Gasteiger partial charge in [0, 0.05) is 51.2 Å². The van der Waals surface area contributed by atoms with E-state index in [1.54, 1.807) is 13.8 Å². The van der Waals surface area contributed by atoms with Crippen LogP contribution < -0.4 is 4.90 Å². The predicted molar refractivity (Wildman–Crippen MR) is 129 cm³/mol. The molecule has 0 radical (unpaired) electrons. The van der Waals surface area contributed by atoms with Gasteiger partial charge >= 0.3 is 0 Å². The number of imidazole rings is 1. The summed E-state index contributed by atoms with van der Waals surface area (Å²) in [6, 6.07) is 18.4. The number of rotatable bonds is 8. The number of aromatic nitrogens is 2. The normalized spacial score (nSPS) is 15.4. The summed E-state index contributed by atoms with van der Waals surface area (Å²) in [4.78, 5) is 9.37. The Morgan fingerprint density at radius 1 is 0.906 bits per heavy atom. The average molecular weight is 453 g/mol. The minimum Gasteiger partial charge on any atom is -0.369 e. The predicted octanol–water partition coefficient (Wildman–Crippen LogP) is 3.58. The molecule has 4 rings (SSSR count). The van der Waals surface area contributed by atoms with Crippen LogP contribution in [0.1, 0.15) is 30.7 Å². The summed E-state index contributed by atoms with van der Waals surface area (Å²) in [5, 5.41) is -0.356. The van der Waals surface area contributed by atoms with E-state index in [4.69, 9.17) is 0 Å². The van der Waals surface area contributed by atoms with Gasteiger partial charge in [-0.3, -0.25) is 4.90 Å². The van der Waals surface area contributed by atoms with Crippen molar-refractivity contribution in [3.63, 3.8) is 0 Å². The highest BCUT2D eigenvalue weighted by atomic mass is 32.2. The molecule has 0 spiro atoms. The maximum absolute atomic E-state index is 12.3. The maximum Gasteiger partial charge on any atom is 0.156 e. The average Bonchev–Trinajstić information content (AvgIpc) is 3.21. The van der Waals surface area contributed by atoms with Gasteiger partial charge in [-0.05, 0) is 37.1 Å². The lowest BCUT2D eigenvalue weighted by Crippen LogP contribution is -2.46. The summed E-state index contributed by atoms with van der Waals surface area (Å²) < 4.78 is 26.7. The molecule has 0 bridgehead atoms. The Labute approximate surface area is 191 Å². The van der Waals surface area contributed by atoms with Crippen LogP contribution >= 0.6 is 0 Å². The molecule has 1 fully saturated rings. The Morgan fingerprint density at radius 2 is 1.62 bits per heavy atom. The molecule has 170 valence electrons. The molecule has 0 amide bonds. The third kappa shape index (κ3) is 5.78. The second-order valence-electron chi connectivity index (χ2n) is 8.81. The number of sulfone groups is 1. The molecule has 32 heavy (non-hydrogen) atoms. The van der Waals surface area contributed by atoms with Crippen molar-refractivity contribution in [1.29, 1.82) is 0 Å². The lowest BCUT2D eigenvalue weighted by molar-refractivity contribution is 0.247. The fraction of sp³-hybridized carbons (Fsp3) is 0.400. The molecule has 6 nitrogen and oxygen atoms in total. The molecule has 2 heterocycles. The molecule has 0 N–H and O–H groups in total. The number of benzene rings is 2. The number of nitrogens with zero attached hydrogens (tertiary/aromatic N) is 4. The van der Waals surface area contributed by atoms with E-state index < -0.39 is 9.84 Å². The second-order valence-corrected chi connectivity index (χ2v) is 11.4. The van der Waals surface area contributed by atoms with E-state index in [1.807, 2.05) is 30.6 Å². The Bertz CT molecular complexity index is 1120. The van der Waals surface area contributed by atoms with E-state index in [0.29, 0.717) is 0 Å². The van der Waals surface area contributed by atoms with E-state index in [1.165, 1.54) is 5.56 Å². The lowest BCUT2D eigenvalue weighted by atomic mass is 10.2. The fourth-order valence-corrected chi connectivity index (χ4v) is 4.98. The molecule has 0 aliphatic carbocycles. The van der Waals surface area contributed by atoms with Gasteiger partial charge in [0.2, 0.25) is 0 Å². The van der Waals surface area contributed by atoms with Crippen molar-refractivity contribution in [3.05, 3.63) is 83.9 Å². The first-order valence-electron chi connectivity index (χ1n) is 11.2. The molecule has 2 aromatic carbocycles. The van der Waals surface area contributed by atoms with Gasteiger partial charge in [-0.25, -0.2) is 13.4 Å². The van der Waals surface area contributed by atoms with Crippen LogP contribution in [-0.2, 0) is 28.7 Å². The van der Waals surface area contributed by atoms with Gasteiger partial charge in [0.05, 0.1) is 23.0 Å². The van der Waals surface area contributed by atoms with E-state index in [0.717, 1.165) is 56.2 Å². The molecule has 0 unspecified atom stereocenters. The van der Waals surface area contributed by atoms with Crippen molar-refractivity contribution < 1.29 is 8.42 Å². The van der Waals surface area contributed by atoms with Crippen molar-refractivity contribution in [2.45, 2.75) is 37.9 Å². The van der Waals surface area contributed by atoms with Crippen LogP contribution in [0.5, 0.6) is 0 Å². The standard InChI is InChI=1S/C25H32N4O2S/c1-21(2)32(30,31)19-23-9-6-10-25(15-23)29-13-11-27(12-14-29)17-24-18-28(20-26-24)16-22-7-4-3-5-8-22/h3-10,15,18,20-21H,11-14,16-17,19H2,1-2H3. The molecule has 3 aromatic rings. The summed E-state index contributed by atoms with van der Waals surface area (Å²) in [6.45, 7) is 8.93. The van der Waals surface area contributed by atoms with Gasteiger partial charge < -0.3 is 9.47 Å². The monoisotopic (exact) mass is 452 g/mol. The van der Waals surface area contributed by atoms with Crippen molar-refractivity contribution in [2.75, 3.05) is 31.1 Å². The molecule has 1 saturated heterocycles. The van der Waals surface area contributed by atoms with Gasteiger partial charge in [0.25, 0.3) is 0 Å². The summed E-state index contributed by atoms with van der Waals surface area (Å²) in [6.07, 6.45) is 4.05. The highest BCUT2D eigenvalue weighted by Crippen LogP contribution is 2.21. The Hall–Kier alpha value is -2.64. The van der Waals surface area contributed by atoms with Crippen LogP contribution in [0, 0.1) is 0 Å². The number of piperazine rings is 1. The minimum atomic E-state index is -3.10. The van der Waals surface area contributed by atoms with Gasteiger partial charge in [0.15, 0.2) is 9.84 Å². The quantitative estimate of drug-likeness (QED) is 0.523. The molecular formula is C25H32N4O2S. The molecule has 1 aliphatic rings. The van der Waals surface area contributed by atoms with E-state index >= 15 is 0 Å².